The fraction of sp³-hybridized carbons (Fsp3) is 0.462. The number of hydrazone groups is 1. The van der Waals surface area contributed by atoms with Gasteiger partial charge in [0.15, 0.2) is 0 Å². The molecule has 1 saturated heterocycles. The molecule has 0 aliphatic carbocycles. The van der Waals surface area contributed by atoms with Gasteiger partial charge in [0.2, 0.25) is 0 Å². The Balaban J connectivity index is 1.93. The SMILES string of the molecule is O[C@@]1(c2ccc(Br)cc2)NN=C2CCCCCN21. The monoisotopic (exact) mass is 309 g/mol. The predicted molar refractivity (Wildman–Crippen MR) is 73.8 cm³/mol. The van der Waals surface area contributed by atoms with Crippen LogP contribution in [0.3, 0.4) is 0 Å². The Bertz CT molecular complexity index is 474. The molecular weight excluding hydrogens is 294 g/mol. The largest absolute Gasteiger partial charge is 0.349 e. The highest BCUT2D eigenvalue weighted by atomic mass is 79.9. The molecule has 2 aliphatic heterocycles. The van der Waals surface area contributed by atoms with Gasteiger partial charge in [-0.05, 0) is 25.0 Å². The lowest BCUT2D eigenvalue weighted by Gasteiger charge is -2.34. The molecule has 1 atom stereocenters. The Hall–Kier alpha value is -1.07. The number of hydrogen-bond donors (Lipinski definition) is 2. The van der Waals surface area contributed by atoms with Gasteiger partial charge in [0.05, 0.1) is 0 Å². The average molecular weight is 310 g/mol. The van der Waals surface area contributed by atoms with Gasteiger partial charge >= 0.3 is 0 Å². The van der Waals surface area contributed by atoms with E-state index >= 15 is 0 Å². The van der Waals surface area contributed by atoms with Crippen LogP contribution in [0.4, 0.5) is 0 Å². The number of aliphatic hydroxyl groups is 1. The third kappa shape index (κ3) is 1.91. The molecule has 96 valence electrons. The lowest BCUT2D eigenvalue weighted by Crippen LogP contribution is -2.51. The molecule has 1 aromatic rings. The van der Waals surface area contributed by atoms with E-state index < -0.39 is 5.85 Å². The standard InChI is InChI=1S/C13H16BrN3O/c14-11-7-5-10(6-8-11)13(18)16-15-12-4-2-1-3-9-17(12)13/h5-8,16,18H,1-4,9H2/t13-/m0/s1. The van der Waals surface area contributed by atoms with Gasteiger partial charge in [-0.2, -0.15) is 5.10 Å². The van der Waals surface area contributed by atoms with E-state index in [1.54, 1.807) is 0 Å². The molecule has 1 aromatic carbocycles. The quantitative estimate of drug-likeness (QED) is 0.837. The summed E-state index contributed by atoms with van der Waals surface area (Å²) in [6.45, 7) is 0.846. The number of nitrogens with one attached hydrogen (secondary N) is 1. The van der Waals surface area contributed by atoms with E-state index in [1.165, 1.54) is 6.42 Å². The third-order valence-corrected chi connectivity index (χ3v) is 4.10. The zero-order valence-corrected chi connectivity index (χ0v) is 11.7. The molecule has 0 bridgehead atoms. The summed E-state index contributed by atoms with van der Waals surface area (Å²) in [6.07, 6.45) is 4.38. The Morgan fingerprint density at radius 2 is 2.00 bits per heavy atom. The Kier molecular flexibility index (Phi) is 3.03. The molecule has 2 aliphatic rings. The van der Waals surface area contributed by atoms with Crippen molar-refractivity contribution in [2.45, 2.75) is 31.5 Å². The van der Waals surface area contributed by atoms with Crippen molar-refractivity contribution < 1.29 is 5.11 Å². The van der Waals surface area contributed by atoms with Crippen LogP contribution in [0.15, 0.2) is 33.8 Å². The molecule has 0 aromatic heterocycles. The van der Waals surface area contributed by atoms with E-state index in [0.717, 1.165) is 41.7 Å². The van der Waals surface area contributed by atoms with Crippen LogP contribution < -0.4 is 5.43 Å². The van der Waals surface area contributed by atoms with Crippen LogP contribution in [0.5, 0.6) is 0 Å². The van der Waals surface area contributed by atoms with Gasteiger partial charge in [-0.15, -0.1) is 0 Å². The van der Waals surface area contributed by atoms with Crippen molar-refractivity contribution in [3.8, 4) is 0 Å². The van der Waals surface area contributed by atoms with Gasteiger partial charge in [0.25, 0.3) is 5.85 Å². The molecule has 0 amide bonds. The lowest BCUT2D eigenvalue weighted by molar-refractivity contribution is -0.0914. The van der Waals surface area contributed by atoms with Crippen molar-refractivity contribution in [3.63, 3.8) is 0 Å². The van der Waals surface area contributed by atoms with E-state index in [4.69, 9.17) is 0 Å². The van der Waals surface area contributed by atoms with Crippen molar-refractivity contribution in [1.29, 1.82) is 0 Å². The van der Waals surface area contributed by atoms with Crippen LogP contribution in [-0.4, -0.2) is 22.4 Å². The molecule has 3 rings (SSSR count). The minimum atomic E-state index is -1.18. The number of halogens is 1. The summed E-state index contributed by atoms with van der Waals surface area (Å²) in [4.78, 5) is 1.99. The van der Waals surface area contributed by atoms with Gasteiger partial charge < -0.3 is 10.0 Å². The molecule has 0 radical (unpaired) electrons. The van der Waals surface area contributed by atoms with E-state index in [2.05, 4.69) is 26.5 Å². The second kappa shape index (κ2) is 4.55. The number of rotatable bonds is 1. The van der Waals surface area contributed by atoms with E-state index in [9.17, 15) is 5.11 Å². The zero-order valence-electron chi connectivity index (χ0n) is 10.1. The maximum absolute atomic E-state index is 10.9. The molecule has 5 heteroatoms. The molecule has 0 spiro atoms. The fourth-order valence-electron chi connectivity index (χ4n) is 2.56. The van der Waals surface area contributed by atoms with Gasteiger partial charge in [-0.3, -0.25) is 5.43 Å². The van der Waals surface area contributed by atoms with Crippen LogP contribution in [-0.2, 0) is 5.85 Å². The summed E-state index contributed by atoms with van der Waals surface area (Å²) >= 11 is 3.41. The third-order valence-electron chi connectivity index (χ3n) is 3.57. The molecular formula is C13H16BrN3O. The first kappa shape index (κ1) is 12.0. The highest BCUT2D eigenvalue weighted by molar-refractivity contribution is 9.10. The number of hydrogen-bond acceptors (Lipinski definition) is 4. The average Bonchev–Trinajstić information content (AvgIpc) is 2.57. The van der Waals surface area contributed by atoms with E-state index in [-0.39, 0.29) is 0 Å². The first-order valence-corrected chi connectivity index (χ1v) is 7.09. The molecule has 0 saturated carbocycles. The number of nitrogens with zero attached hydrogens (tertiary/aromatic N) is 2. The topological polar surface area (TPSA) is 47.9 Å². The Labute approximate surface area is 115 Å². The summed E-state index contributed by atoms with van der Waals surface area (Å²) in [5, 5.41) is 15.2. The lowest BCUT2D eigenvalue weighted by atomic mass is 10.1. The van der Waals surface area contributed by atoms with Crippen molar-refractivity contribution in [2.24, 2.45) is 5.10 Å². The Morgan fingerprint density at radius 1 is 1.22 bits per heavy atom. The molecule has 1 fully saturated rings. The second-order valence-electron chi connectivity index (χ2n) is 4.78. The minimum Gasteiger partial charge on any atom is -0.349 e. The summed E-state index contributed by atoms with van der Waals surface area (Å²) in [6, 6.07) is 7.70. The Morgan fingerprint density at radius 3 is 2.78 bits per heavy atom. The zero-order chi connectivity index (χ0) is 12.6. The van der Waals surface area contributed by atoms with Gasteiger partial charge in [0.1, 0.15) is 5.84 Å². The van der Waals surface area contributed by atoms with Crippen molar-refractivity contribution in [3.05, 3.63) is 34.3 Å². The van der Waals surface area contributed by atoms with Gasteiger partial charge in [0, 0.05) is 23.0 Å². The predicted octanol–water partition coefficient (Wildman–Crippen LogP) is 2.34. The normalized spacial score (nSPS) is 27.2. The van der Waals surface area contributed by atoms with E-state index in [0.29, 0.717) is 0 Å². The summed E-state index contributed by atoms with van der Waals surface area (Å²) in [5.41, 5.74) is 3.72. The molecule has 0 unspecified atom stereocenters. The number of amidine groups is 1. The van der Waals surface area contributed by atoms with Crippen LogP contribution >= 0.6 is 15.9 Å². The van der Waals surface area contributed by atoms with Crippen molar-refractivity contribution in [1.82, 2.24) is 10.3 Å². The van der Waals surface area contributed by atoms with Crippen LogP contribution in [0, 0.1) is 0 Å². The van der Waals surface area contributed by atoms with Gasteiger partial charge in [-0.1, -0.05) is 34.5 Å². The maximum atomic E-state index is 10.9. The van der Waals surface area contributed by atoms with E-state index in [1.807, 2.05) is 29.2 Å². The first-order chi connectivity index (χ1) is 8.70. The second-order valence-corrected chi connectivity index (χ2v) is 5.70. The molecule has 4 nitrogen and oxygen atoms in total. The highest BCUT2D eigenvalue weighted by Crippen LogP contribution is 2.31. The van der Waals surface area contributed by atoms with Crippen LogP contribution in [0.1, 0.15) is 31.2 Å². The van der Waals surface area contributed by atoms with Gasteiger partial charge in [-0.25, -0.2) is 0 Å². The fourth-order valence-corrected chi connectivity index (χ4v) is 2.83. The molecule has 2 heterocycles. The highest BCUT2D eigenvalue weighted by Gasteiger charge is 2.42. The van der Waals surface area contributed by atoms with Crippen molar-refractivity contribution >= 4 is 21.8 Å². The smallest absolute Gasteiger partial charge is 0.260 e. The number of fused-ring (bicyclic) bond motifs is 1. The van der Waals surface area contributed by atoms with Crippen LogP contribution in [0.25, 0.3) is 0 Å². The first-order valence-electron chi connectivity index (χ1n) is 6.30. The van der Waals surface area contributed by atoms with Crippen molar-refractivity contribution in [2.75, 3.05) is 6.54 Å². The molecule has 18 heavy (non-hydrogen) atoms. The minimum absolute atomic E-state index is 0.825. The molecule has 2 N–H and O–H groups in total. The summed E-state index contributed by atoms with van der Waals surface area (Å²) in [7, 11) is 0. The summed E-state index contributed by atoms with van der Waals surface area (Å²) in [5.74, 6) is -0.210. The number of benzene rings is 1. The maximum Gasteiger partial charge on any atom is 0.260 e. The summed E-state index contributed by atoms with van der Waals surface area (Å²) < 4.78 is 1.00. The van der Waals surface area contributed by atoms with Crippen LogP contribution in [0.2, 0.25) is 0 Å².